The van der Waals surface area contributed by atoms with Gasteiger partial charge in [0.1, 0.15) is 34.9 Å². The number of hydrogen-bond donors (Lipinski definition) is 3. The summed E-state index contributed by atoms with van der Waals surface area (Å²) in [5.74, 6) is 1.51. The highest BCUT2D eigenvalue weighted by Crippen LogP contribution is 2.32. The SMILES string of the molecule is CCCOc1ccc(-c2cc(-c3ccc4oc(C(CO)NO)cc4c3)no2)cc1C#N. The summed E-state index contributed by atoms with van der Waals surface area (Å²) in [6.45, 7) is 2.25. The van der Waals surface area contributed by atoms with E-state index in [4.69, 9.17) is 18.9 Å². The van der Waals surface area contributed by atoms with Crippen molar-refractivity contribution >= 4 is 11.0 Å². The maximum absolute atomic E-state index is 9.43. The van der Waals surface area contributed by atoms with E-state index in [2.05, 4.69) is 11.2 Å². The molecule has 1 unspecified atom stereocenters. The van der Waals surface area contributed by atoms with E-state index in [-0.39, 0.29) is 6.61 Å². The number of hydrogen-bond acceptors (Lipinski definition) is 8. The van der Waals surface area contributed by atoms with Gasteiger partial charge in [0.05, 0.1) is 18.8 Å². The van der Waals surface area contributed by atoms with Crippen LogP contribution >= 0.6 is 0 Å². The van der Waals surface area contributed by atoms with Gasteiger partial charge in [0.2, 0.25) is 0 Å². The van der Waals surface area contributed by atoms with Crippen molar-refractivity contribution in [2.45, 2.75) is 19.4 Å². The Morgan fingerprint density at radius 2 is 2.00 bits per heavy atom. The molecule has 2 heterocycles. The van der Waals surface area contributed by atoms with Gasteiger partial charge in [0.15, 0.2) is 5.76 Å². The summed E-state index contributed by atoms with van der Waals surface area (Å²) in [6.07, 6.45) is 0.859. The van der Waals surface area contributed by atoms with Crippen LogP contribution < -0.4 is 10.2 Å². The number of hydroxylamine groups is 1. The van der Waals surface area contributed by atoms with E-state index in [9.17, 15) is 10.4 Å². The molecule has 2 aromatic carbocycles. The van der Waals surface area contributed by atoms with Crippen LogP contribution in [0.2, 0.25) is 0 Å². The first-order valence-corrected chi connectivity index (χ1v) is 9.85. The first-order chi connectivity index (χ1) is 15.2. The molecular formula is C23H21N3O5. The molecule has 0 radical (unpaired) electrons. The maximum atomic E-state index is 9.43. The van der Waals surface area contributed by atoms with Crippen molar-refractivity contribution in [3.8, 4) is 34.4 Å². The number of nitriles is 1. The number of aliphatic hydroxyl groups excluding tert-OH is 1. The Bertz CT molecular complexity index is 1230. The van der Waals surface area contributed by atoms with Crippen LogP contribution in [-0.4, -0.2) is 28.7 Å². The molecule has 0 bridgehead atoms. The monoisotopic (exact) mass is 419 g/mol. The van der Waals surface area contributed by atoms with E-state index in [0.717, 1.165) is 22.9 Å². The molecule has 0 spiro atoms. The van der Waals surface area contributed by atoms with Crippen LogP contribution in [0, 0.1) is 11.3 Å². The minimum Gasteiger partial charge on any atom is -0.492 e. The zero-order chi connectivity index (χ0) is 21.8. The molecule has 3 N–H and O–H groups in total. The van der Waals surface area contributed by atoms with E-state index >= 15 is 0 Å². The maximum Gasteiger partial charge on any atom is 0.167 e. The second kappa shape index (κ2) is 9.02. The molecule has 0 aliphatic carbocycles. The standard InChI is InChI=1S/C23H21N3O5/c1-2-7-29-20-5-4-15(9-17(20)12-24)22-11-18(26-31-22)14-3-6-21-16(8-14)10-23(30-21)19(13-27)25-28/h3-6,8-11,19,25,27-28H,2,7,13H2,1H3. The molecule has 158 valence electrons. The molecule has 1 atom stereocenters. The number of furan rings is 1. The fraction of sp³-hybridized carbons (Fsp3) is 0.217. The summed E-state index contributed by atoms with van der Waals surface area (Å²) in [4.78, 5) is 0. The number of nitrogens with zero attached hydrogens (tertiary/aromatic N) is 2. The first-order valence-electron chi connectivity index (χ1n) is 9.85. The molecule has 2 aromatic heterocycles. The molecule has 8 nitrogen and oxygen atoms in total. The Balaban J connectivity index is 1.63. The summed E-state index contributed by atoms with van der Waals surface area (Å²) in [5.41, 5.74) is 5.25. The number of aliphatic hydroxyl groups is 1. The summed E-state index contributed by atoms with van der Waals surface area (Å²) in [7, 11) is 0. The predicted molar refractivity (Wildman–Crippen MR) is 112 cm³/mol. The van der Waals surface area contributed by atoms with Crippen LogP contribution in [0.3, 0.4) is 0 Å². The lowest BCUT2D eigenvalue weighted by Gasteiger charge is -2.07. The summed E-state index contributed by atoms with van der Waals surface area (Å²) >= 11 is 0. The molecule has 0 aliphatic rings. The van der Waals surface area contributed by atoms with Crippen molar-refractivity contribution in [1.29, 1.82) is 5.26 Å². The fourth-order valence-electron chi connectivity index (χ4n) is 3.25. The van der Waals surface area contributed by atoms with Gasteiger partial charge in [-0.15, -0.1) is 0 Å². The molecule has 31 heavy (non-hydrogen) atoms. The second-order valence-electron chi connectivity index (χ2n) is 7.01. The topological polar surface area (TPSA) is 125 Å². The van der Waals surface area contributed by atoms with Crippen LogP contribution in [0.25, 0.3) is 33.6 Å². The second-order valence-corrected chi connectivity index (χ2v) is 7.01. The first kappa shape index (κ1) is 20.6. The minimum absolute atomic E-state index is 0.303. The highest BCUT2D eigenvalue weighted by Gasteiger charge is 2.16. The Kier molecular flexibility index (Phi) is 6.00. The molecule has 0 aliphatic heterocycles. The quantitative estimate of drug-likeness (QED) is 0.358. The van der Waals surface area contributed by atoms with Crippen molar-refractivity contribution < 1.29 is 24.0 Å². The molecule has 0 saturated heterocycles. The van der Waals surface area contributed by atoms with Gasteiger partial charge in [-0.2, -0.15) is 10.7 Å². The highest BCUT2D eigenvalue weighted by molar-refractivity contribution is 5.84. The molecule has 0 amide bonds. The van der Waals surface area contributed by atoms with E-state index in [0.29, 0.717) is 40.7 Å². The van der Waals surface area contributed by atoms with E-state index in [1.54, 1.807) is 30.3 Å². The van der Waals surface area contributed by atoms with Gasteiger partial charge in [-0.3, -0.25) is 0 Å². The van der Waals surface area contributed by atoms with Crippen LogP contribution in [0.15, 0.2) is 57.5 Å². The summed E-state index contributed by atoms with van der Waals surface area (Å²) in [5, 5.41) is 32.8. The zero-order valence-electron chi connectivity index (χ0n) is 16.8. The van der Waals surface area contributed by atoms with Gasteiger partial charge >= 0.3 is 0 Å². The zero-order valence-corrected chi connectivity index (χ0v) is 16.8. The number of rotatable bonds is 8. The van der Waals surface area contributed by atoms with Gasteiger partial charge < -0.3 is 24.0 Å². The van der Waals surface area contributed by atoms with Crippen LogP contribution in [0.1, 0.15) is 30.7 Å². The van der Waals surface area contributed by atoms with Crippen LogP contribution in [0.4, 0.5) is 0 Å². The van der Waals surface area contributed by atoms with E-state index in [1.165, 1.54) is 0 Å². The van der Waals surface area contributed by atoms with Crippen LogP contribution in [0.5, 0.6) is 5.75 Å². The van der Waals surface area contributed by atoms with Crippen molar-refractivity contribution in [2.75, 3.05) is 13.2 Å². The largest absolute Gasteiger partial charge is 0.492 e. The molecule has 4 rings (SSSR count). The third-order valence-corrected chi connectivity index (χ3v) is 4.87. The van der Waals surface area contributed by atoms with Crippen LogP contribution in [-0.2, 0) is 0 Å². The number of aromatic nitrogens is 1. The molecule has 0 saturated carbocycles. The third kappa shape index (κ3) is 4.15. The van der Waals surface area contributed by atoms with E-state index in [1.807, 2.05) is 30.6 Å². The van der Waals surface area contributed by atoms with Gasteiger partial charge in [0, 0.05) is 22.6 Å². The third-order valence-electron chi connectivity index (χ3n) is 4.87. The normalized spacial score (nSPS) is 12.1. The fourth-order valence-corrected chi connectivity index (χ4v) is 3.25. The van der Waals surface area contributed by atoms with Crippen molar-refractivity contribution in [2.24, 2.45) is 0 Å². The van der Waals surface area contributed by atoms with Crippen molar-refractivity contribution in [3.05, 3.63) is 59.9 Å². The smallest absolute Gasteiger partial charge is 0.167 e. The minimum atomic E-state index is -0.701. The lowest BCUT2D eigenvalue weighted by molar-refractivity contribution is 0.0810. The highest BCUT2D eigenvalue weighted by atomic mass is 16.5. The Labute approximate surface area is 178 Å². The predicted octanol–water partition coefficient (Wildman–Crippen LogP) is 4.43. The number of ether oxygens (including phenoxy) is 1. The van der Waals surface area contributed by atoms with Crippen molar-refractivity contribution in [3.63, 3.8) is 0 Å². The average molecular weight is 419 g/mol. The molecule has 8 heteroatoms. The van der Waals surface area contributed by atoms with Gasteiger partial charge in [-0.25, -0.2) is 0 Å². The van der Waals surface area contributed by atoms with E-state index < -0.39 is 6.04 Å². The average Bonchev–Trinajstić information content (AvgIpc) is 3.45. The summed E-state index contributed by atoms with van der Waals surface area (Å²) < 4.78 is 16.8. The Hall–Kier alpha value is -3.64. The summed E-state index contributed by atoms with van der Waals surface area (Å²) in [6, 6.07) is 15.8. The van der Waals surface area contributed by atoms with Gasteiger partial charge in [0.25, 0.3) is 0 Å². The molecular weight excluding hydrogens is 398 g/mol. The number of benzene rings is 2. The number of fused-ring (bicyclic) bond motifs is 1. The van der Waals surface area contributed by atoms with Crippen molar-refractivity contribution in [1.82, 2.24) is 10.6 Å². The lowest BCUT2D eigenvalue weighted by Crippen LogP contribution is -2.19. The Morgan fingerprint density at radius 1 is 1.16 bits per heavy atom. The molecule has 0 fully saturated rings. The molecule has 4 aromatic rings. The lowest BCUT2D eigenvalue weighted by atomic mass is 10.1. The number of nitrogens with one attached hydrogen (secondary N) is 1. The van der Waals surface area contributed by atoms with Gasteiger partial charge in [-0.1, -0.05) is 12.1 Å². The Morgan fingerprint density at radius 3 is 2.74 bits per heavy atom. The van der Waals surface area contributed by atoms with Gasteiger partial charge in [-0.05, 0) is 48.9 Å².